The third-order valence-corrected chi connectivity index (χ3v) is 2.70. The van der Waals surface area contributed by atoms with Crippen molar-refractivity contribution in [1.29, 1.82) is 0 Å². The maximum atomic E-state index is 13.1. The van der Waals surface area contributed by atoms with Gasteiger partial charge < -0.3 is 10.6 Å². The molecule has 2 rings (SSSR count). The molecule has 0 saturated carbocycles. The summed E-state index contributed by atoms with van der Waals surface area (Å²) in [7, 11) is 0. The van der Waals surface area contributed by atoms with Crippen molar-refractivity contribution in [3.05, 3.63) is 29.6 Å². The molecule has 0 bridgehead atoms. The minimum absolute atomic E-state index is 0.144. The molecule has 0 spiro atoms. The summed E-state index contributed by atoms with van der Waals surface area (Å²) in [5, 5.41) is 0. The second-order valence-electron chi connectivity index (χ2n) is 4.52. The lowest BCUT2D eigenvalue weighted by Gasteiger charge is -2.19. The SMILES string of the molecule is CC(C)CN1C(=O)C(N)c2cc(F)ccc21. The van der Waals surface area contributed by atoms with Gasteiger partial charge >= 0.3 is 0 Å². The number of halogens is 1. The Balaban J connectivity index is 2.42. The Kier molecular flexibility index (Phi) is 2.68. The van der Waals surface area contributed by atoms with Crippen LogP contribution in [0.4, 0.5) is 10.1 Å². The van der Waals surface area contributed by atoms with Gasteiger partial charge in [-0.1, -0.05) is 13.8 Å². The standard InChI is InChI=1S/C12H15FN2O/c1-7(2)6-15-10-4-3-8(13)5-9(10)11(14)12(15)16/h3-5,7,11H,6,14H2,1-2H3. The second kappa shape index (κ2) is 3.87. The number of carbonyl (C=O) groups is 1. The molecule has 0 fully saturated rings. The van der Waals surface area contributed by atoms with Crippen molar-refractivity contribution in [3.8, 4) is 0 Å². The maximum absolute atomic E-state index is 13.1. The Hall–Kier alpha value is -1.42. The fourth-order valence-electron chi connectivity index (χ4n) is 1.99. The van der Waals surface area contributed by atoms with E-state index in [1.54, 1.807) is 11.0 Å². The van der Waals surface area contributed by atoms with Crippen molar-refractivity contribution in [2.45, 2.75) is 19.9 Å². The number of hydrogen-bond donors (Lipinski definition) is 1. The molecule has 1 atom stereocenters. The first-order valence-corrected chi connectivity index (χ1v) is 5.37. The average Bonchev–Trinajstić information content (AvgIpc) is 2.43. The molecule has 1 aliphatic rings. The Bertz CT molecular complexity index is 431. The summed E-state index contributed by atoms with van der Waals surface area (Å²) in [4.78, 5) is 13.5. The van der Waals surface area contributed by atoms with Crippen LogP contribution in [-0.4, -0.2) is 12.5 Å². The molecule has 86 valence electrons. The summed E-state index contributed by atoms with van der Waals surface area (Å²) in [5.41, 5.74) is 7.10. The lowest BCUT2D eigenvalue weighted by atomic mass is 10.1. The van der Waals surface area contributed by atoms with E-state index in [1.807, 2.05) is 13.8 Å². The fourth-order valence-corrected chi connectivity index (χ4v) is 1.99. The highest BCUT2D eigenvalue weighted by Gasteiger charge is 2.34. The van der Waals surface area contributed by atoms with Gasteiger partial charge in [-0.05, 0) is 24.1 Å². The molecular weight excluding hydrogens is 207 g/mol. The van der Waals surface area contributed by atoms with E-state index in [4.69, 9.17) is 5.73 Å². The molecule has 0 aromatic heterocycles. The van der Waals surface area contributed by atoms with Crippen LogP contribution in [0, 0.1) is 11.7 Å². The van der Waals surface area contributed by atoms with E-state index in [2.05, 4.69) is 0 Å². The molecular formula is C12H15FN2O. The maximum Gasteiger partial charge on any atom is 0.248 e. The quantitative estimate of drug-likeness (QED) is 0.829. The van der Waals surface area contributed by atoms with Gasteiger partial charge in [0.25, 0.3) is 0 Å². The monoisotopic (exact) mass is 222 g/mol. The Labute approximate surface area is 94.0 Å². The zero-order valence-corrected chi connectivity index (χ0v) is 9.40. The summed E-state index contributed by atoms with van der Waals surface area (Å²) < 4.78 is 13.1. The fraction of sp³-hybridized carbons (Fsp3) is 0.417. The molecule has 0 saturated heterocycles. The van der Waals surface area contributed by atoms with E-state index in [-0.39, 0.29) is 11.7 Å². The number of anilines is 1. The molecule has 4 heteroatoms. The molecule has 16 heavy (non-hydrogen) atoms. The van der Waals surface area contributed by atoms with E-state index in [0.717, 1.165) is 5.69 Å². The van der Waals surface area contributed by atoms with Gasteiger partial charge in [-0.2, -0.15) is 0 Å². The predicted molar refractivity (Wildman–Crippen MR) is 60.5 cm³/mol. The molecule has 2 N–H and O–H groups in total. The molecule has 0 radical (unpaired) electrons. The van der Waals surface area contributed by atoms with Crippen molar-refractivity contribution < 1.29 is 9.18 Å². The van der Waals surface area contributed by atoms with Crippen LogP contribution in [0.1, 0.15) is 25.5 Å². The van der Waals surface area contributed by atoms with Gasteiger partial charge in [0, 0.05) is 17.8 Å². The van der Waals surface area contributed by atoms with Crippen LogP contribution in [0.25, 0.3) is 0 Å². The zero-order chi connectivity index (χ0) is 11.9. The van der Waals surface area contributed by atoms with Crippen LogP contribution in [-0.2, 0) is 4.79 Å². The molecule has 3 nitrogen and oxygen atoms in total. The third kappa shape index (κ3) is 1.69. The molecule has 1 unspecified atom stereocenters. The highest BCUT2D eigenvalue weighted by molar-refractivity contribution is 6.04. The van der Waals surface area contributed by atoms with E-state index in [0.29, 0.717) is 18.0 Å². The number of benzene rings is 1. The topological polar surface area (TPSA) is 46.3 Å². The minimum Gasteiger partial charge on any atom is -0.316 e. The largest absolute Gasteiger partial charge is 0.316 e. The zero-order valence-electron chi connectivity index (χ0n) is 9.40. The Morgan fingerprint density at radius 2 is 2.19 bits per heavy atom. The van der Waals surface area contributed by atoms with Crippen LogP contribution >= 0.6 is 0 Å². The number of carbonyl (C=O) groups excluding carboxylic acids is 1. The minimum atomic E-state index is -0.718. The van der Waals surface area contributed by atoms with Crippen molar-refractivity contribution in [2.24, 2.45) is 11.7 Å². The summed E-state index contributed by atoms with van der Waals surface area (Å²) >= 11 is 0. The lowest BCUT2D eigenvalue weighted by molar-refractivity contribution is -0.119. The molecule has 0 aliphatic carbocycles. The summed E-state index contributed by atoms with van der Waals surface area (Å²) in [6.45, 7) is 4.67. The highest BCUT2D eigenvalue weighted by Crippen LogP contribution is 2.35. The number of rotatable bonds is 2. The molecule has 1 aromatic rings. The van der Waals surface area contributed by atoms with E-state index in [9.17, 15) is 9.18 Å². The van der Waals surface area contributed by atoms with Crippen molar-refractivity contribution >= 4 is 11.6 Å². The number of nitrogens with zero attached hydrogens (tertiary/aromatic N) is 1. The normalized spacial score (nSPS) is 19.4. The van der Waals surface area contributed by atoms with Gasteiger partial charge in [0.2, 0.25) is 5.91 Å². The summed E-state index contributed by atoms with van der Waals surface area (Å²) in [6, 6.07) is 3.61. The van der Waals surface area contributed by atoms with Crippen molar-refractivity contribution in [3.63, 3.8) is 0 Å². The van der Waals surface area contributed by atoms with Crippen LogP contribution in [0.2, 0.25) is 0 Å². The third-order valence-electron chi connectivity index (χ3n) is 2.70. The first-order valence-electron chi connectivity index (χ1n) is 5.37. The van der Waals surface area contributed by atoms with Crippen molar-refractivity contribution in [2.75, 3.05) is 11.4 Å². The first-order chi connectivity index (χ1) is 7.50. The highest BCUT2D eigenvalue weighted by atomic mass is 19.1. The molecule has 1 aliphatic heterocycles. The van der Waals surface area contributed by atoms with Crippen LogP contribution in [0.3, 0.4) is 0 Å². The number of amides is 1. The van der Waals surface area contributed by atoms with Gasteiger partial charge in [-0.15, -0.1) is 0 Å². The van der Waals surface area contributed by atoms with E-state index in [1.165, 1.54) is 12.1 Å². The van der Waals surface area contributed by atoms with Crippen LogP contribution in [0.5, 0.6) is 0 Å². The average molecular weight is 222 g/mol. The van der Waals surface area contributed by atoms with Gasteiger partial charge in [0.15, 0.2) is 0 Å². The number of fused-ring (bicyclic) bond motifs is 1. The Morgan fingerprint density at radius 1 is 1.50 bits per heavy atom. The van der Waals surface area contributed by atoms with E-state index < -0.39 is 6.04 Å². The van der Waals surface area contributed by atoms with Crippen molar-refractivity contribution in [1.82, 2.24) is 0 Å². The van der Waals surface area contributed by atoms with Gasteiger partial charge in [0.1, 0.15) is 11.9 Å². The smallest absolute Gasteiger partial charge is 0.248 e. The second-order valence-corrected chi connectivity index (χ2v) is 4.52. The van der Waals surface area contributed by atoms with Crippen LogP contribution < -0.4 is 10.6 Å². The van der Waals surface area contributed by atoms with Gasteiger partial charge in [-0.25, -0.2) is 4.39 Å². The predicted octanol–water partition coefficient (Wildman–Crippen LogP) is 1.83. The summed E-state index contributed by atoms with van der Waals surface area (Å²) in [5.74, 6) is -0.144. The molecule has 1 aromatic carbocycles. The summed E-state index contributed by atoms with van der Waals surface area (Å²) in [6.07, 6.45) is 0. The first kappa shape index (κ1) is 11.1. The van der Waals surface area contributed by atoms with Gasteiger partial charge in [0.05, 0.1) is 0 Å². The number of nitrogens with two attached hydrogens (primary N) is 1. The van der Waals surface area contributed by atoms with Crippen LogP contribution in [0.15, 0.2) is 18.2 Å². The number of hydrogen-bond acceptors (Lipinski definition) is 2. The van der Waals surface area contributed by atoms with Gasteiger partial charge in [-0.3, -0.25) is 4.79 Å². The molecule has 1 amide bonds. The van der Waals surface area contributed by atoms with E-state index >= 15 is 0 Å². The molecule has 1 heterocycles. The lowest BCUT2D eigenvalue weighted by Crippen LogP contribution is -2.34. The Morgan fingerprint density at radius 3 is 2.81 bits per heavy atom.